The summed E-state index contributed by atoms with van der Waals surface area (Å²) in [5.41, 5.74) is 0.805. The summed E-state index contributed by atoms with van der Waals surface area (Å²) in [6.07, 6.45) is 0. The predicted molar refractivity (Wildman–Crippen MR) is 73.6 cm³/mol. The highest BCUT2D eigenvalue weighted by Crippen LogP contribution is 2.22. The highest BCUT2D eigenvalue weighted by molar-refractivity contribution is 5.87. The Balaban J connectivity index is 2.09. The number of hydrogen-bond acceptors (Lipinski definition) is 3. The van der Waals surface area contributed by atoms with Gasteiger partial charge in [-0.3, -0.25) is 0 Å². The number of nitrogens with one attached hydrogen (secondary N) is 1. The number of rotatable bonds is 5. The molecule has 2 aromatic carbocycles. The molecule has 0 aliphatic rings. The number of benzene rings is 2. The van der Waals surface area contributed by atoms with Crippen LogP contribution in [-0.2, 0) is 6.54 Å². The average molecular weight is 293 g/mol. The molecule has 0 spiro atoms. The van der Waals surface area contributed by atoms with E-state index in [4.69, 9.17) is 9.84 Å². The molecule has 0 saturated heterocycles. The molecule has 0 bridgehead atoms. The van der Waals surface area contributed by atoms with Crippen molar-refractivity contribution in [2.75, 3.05) is 12.4 Å². The number of methoxy groups -OCH3 is 1. The van der Waals surface area contributed by atoms with Gasteiger partial charge in [-0.1, -0.05) is 6.07 Å². The first kappa shape index (κ1) is 14.8. The minimum absolute atomic E-state index is 0.104. The molecule has 6 heteroatoms. The topological polar surface area (TPSA) is 58.6 Å². The van der Waals surface area contributed by atoms with Crippen molar-refractivity contribution in [3.8, 4) is 5.75 Å². The Morgan fingerprint density at radius 2 is 1.95 bits per heavy atom. The summed E-state index contributed by atoms with van der Waals surface area (Å²) < 4.78 is 31.6. The minimum atomic E-state index is -1.31. The Kier molecular flexibility index (Phi) is 4.37. The van der Waals surface area contributed by atoms with Crippen LogP contribution in [0, 0.1) is 11.6 Å². The standard InChI is InChI=1S/C15H13F2NO3/c1-21-14-7-10(3-5-12(14)16)18-8-9-2-4-11(15(19)20)13(17)6-9/h2-7,18H,8H2,1H3,(H,19,20). The fraction of sp³-hybridized carbons (Fsp3) is 0.133. The quantitative estimate of drug-likeness (QED) is 0.888. The monoisotopic (exact) mass is 293 g/mol. The van der Waals surface area contributed by atoms with Crippen LogP contribution in [0.15, 0.2) is 36.4 Å². The average Bonchev–Trinajstić information content (AvgIpc) is 2.46. The van der Waals surface area contributed by atoms with Gasteiger partial charge in [-0.05, 0) is 29.8 Å². The van der Waals surface area contributed by atoms with Crippen molar-refractivity contribution in [1.82, 2.24) is 0 Å². The summed E-state index contributed by atoms with van der Waals surface area (Å²) in [5, 5.41) is 11.7. The normalized spacial score (nSPS) is 10.2. The van der Waals surface area contributed by atoms with Gasteiger partial charge in [0.2, 0.25) is 0 Å². The number of ether oxygens (including phenoxy) is 1. The van der Waals surface area contributed by atoms with Gasteiger partial charge in [0, 0.05) is 18.3 Å². The Hall–Kier alpha value is -2.63. The van der Waals surface area contributed by atoms with Gasteiger partial charge in [0.15, 0.2) is 11.6 Å². The maximum absolute atomic E-state index is 13.5. The van der Waals surface area contributed by atoms with E-state index >= 15 is 0 Å². The zero-order valence-electron chi connectivity index (χ0n) is 11.2. The van der Waals surface area contributed by atoms with E-state index in [0.29, 0.717) is 11.3 Å². The first-order chi connectivity index (χ1) is 10.0. The third-order valence-corrected chi connectivity index (χ3v) is 2.91. The van der Waals surface area contributed by atoms with Crippen LogP contribution in [0.5, 0.6) is 5.75 Å². The Morgan fingerprint density at radius 3 is 2.57 bits per heavy atom. The lowest BCUT2D eigenvalue weighted by molar-refractivity contribution is 0.0692. The third-order valence-electron chi connectivity index (χ3n) is 2.91. The number of aromatic carboxylic acids is 1. The van der Waals surface area contributed by atoms with Gasteiger partial charge in [0.05, 0.1) is 12.7 Å². The lowest BCUT2D eigenvalue weighted by atomic mass is 10.1. The fourth-order valence-electron chi connectivity index (χ4n) is 1.82. The van der Waals surface area contributed by atoms with Crippen molar-refractivity contribution in [3.63, 3.8) is 0 Å². The molecule has 0 fully saturated rings. The lowest BCUT2D eigenvalue weighted by Gasteiger charge is -2.09. The molecule has 0 unspecified atom stereocenters. The molecule has 0 aromatic heterocycles. The van der Waals surface area contributed by atoms with Crippen molar-refractivity contribution < 1.29 is 23.4 Å². The SMILES string of the molecule is COc1cc(NCc2ccc(C(=O)O)c(F)c2)ccc1F. The van der Waals surface area contributed by atoms with Gasteiger partial charge in [-0.25, -0.2) is 13.6 Å². The molecule has 0 aliphatic heterocycles. The van der Waals surface area contributed by atoms with Gasteiger partial charge >= 0.3 is 5.97 Å². The molecule has 0 heterocycles. The van der Waals surface area contributed by atoms with Crippen molar-refractivity contribution in [2.45, 2.75) is 6.54 Å². The third kappa shape index (κ3) is 3.47. The maximum atomic E-state index is 13.5. The molecule has 2 aromatic rings. The number of carbonyl (C=O) groups is 1. The Labute approximate surface area is 120 Å². The van der Waals surface area contributed by atoms with Crippen LogP contribution >= 0.6 is 0 Å². The molecule has 110 valence electrons. The van der Waals surface area contributed by atoms with Gasteiger partial charge < -0.3 is 15.2 Å². The molecule has 0 atom stereocenters. The molecule has 0 radical (unpaired) electrons. The highest BCUT2D eigenvalue weighted by Gasteiger charge is 2.10. The molecular weight excluding hydrogens is 280 g/mol. The van der Waals surface area contributed by atoms with Crippen LogP contribution < -0.4 is 10.1 Å². The van der Waals surface area contributed by atoms with E-state index in [-0.39, 0.29) is 17.9 Å². The zero-order valence-corrected chi connectivity index (χ0v) is 11.2. The summed E-state index contributed by atoms with van der Waals surface area (Å²) >= 11 is 0. The van der Waals surface area contributed by atoms with Crippen LogP contribution in [0.3, 0.4) is 0 Å². The van der Waals surface area contributed by atoms with Crippen molar-refractivity contribution in [2.24, 2.45) is 0 Å². The van der Waals surface area contributed by atoms with Crippen molar-refractivity contribution in [1.29, 1.82) is 0 Å². The fourth-order valence-corrected chi connectivity index (χ4v) is 1.82. The predicted octanol–water partition coefficient (Wildman–Crippen LogP) is 3.28. The van der Waals surface area contributed by atoms with E-state index in [9.17, 15) is 13.6 Å². The largest absolute Gasteiger partial charge is 0.494 e. The summed E-state index contributed by atoms with van der Waals surface area (Å²) in [7, 11) is 1.36. The van der Waals surface area contributed by atoms with Crippen LogP contribution in [0.1, 0.15) is 15.9 Å². The van der Waals surface area contributed by atoms with Crippen LogP contribution in [0.4, 0.5) is 14.5 Å². The van der Waals surface area contributed by atoms with Gasteiger partial charge in [0.1, 0.15) is 5.82 Å². The Morgan fingerprint density at radius 1 is 1.19 bits per heavy atom. The smallest absolute Gasteiger partial charge is 0.338 e. The summed E-state index contributed by atoms with van der Waals surface area (Å²) in [4.78, 5) is 10.7. The molecule has 0 amide bonds. The van der Waals surface area contributed by atoms with E-state index in [2.05, 4.69) is 5.32 Å². The van der Waals surface area contributed by atoms with E-state index in [1.165, 1.54) is 37.4 Å². The van der Waals surface area contributed by atoms with Gasteiger partial charge in [0.25, 0.3) is 0 Å². The van der Waals surface area contributed by atoms with E-state index in [1.54, 1.807) is 0 Å². The highest BCUT2D eigenvalue weighted by atomic mass is 19.1. The second-order valence-electron chi connectivity index (χ2n) is 4.32. The van der Waals surface area contributed by atoms with Crippen molar-refractivity contribution in [3.05, 3.63) is 59.2 Å². The second-order valence-corrected chi connectivity index (χ2v) is 4.32. The maximum Gasteiger partial charge on any atom is 0.338 e. The molecular formula is C15H13F2NO3. The molecule has 0 aliphatic carbocycles. The number of halogens is 2. The minimum Gasteiger partial charge on any atom is -0.494 e. The molecule has 2 N–H and O–H groups in total. The molecule has 0 saturated carbocycles. The van der Waals surface area contributed by atoms with Crippen LogP contribution in [0.25, 0.3) is 0 Å². The molecule has 21 heavy (non-hydrogen) atoms. The first-order valence-corrected chi connectivity index (χ1v) is 6.10. The van der Waals surface area contributed by atoms with Crippen molar-refractivity contribution >= 4 is 11.7 Å². The summed E-state index contributed by atoms with van der Waals surface area (Å²) in [5.74, 6) is -2.47. The number of carboxylic acids is 1. The summed E-state index contributed by atoms with van der Waals surface area (Å²) in [6, 6.07) is 8.14. The number of carboxylic acid groups (broad SMARTS) is 1. The molecule has 4 nitrogen and oxygen atoms in total. The Bertz CT molecular complexity index is 674. The zero-order chi connectivity index (χ0) is 15.4. The van der Waals surface area contributed by atoms with Gasteiger partial charge in [-0.2, -0.15) is 0 Å². The number of anilines is 1. The summed E-state index contributed by atoms with van der Waals surface area (Å²) in [6.45, 7) is 0.269. The second kappa shape index (κ2) is 6.21. The number of hydrogen-bond donors (Lipinski definition) is 2. The van der Waals surface area contributed by atoms with E-state index in [0.717, 1.165) is 6.07 Å². The van der Waals surface area contributed by atoms with E-state index in [1.807, 2.05) is 0 Å². The van der Waals surface area contributed by atoms with Crippen LogP contribution in [-0.4, -0.2) is 18.2 Å². The van der Waals surface area contributed by atoms with Gasteiger partial charge in [-0.15, -0.1) is 0 Å². The van der Waals surface area contributed by atoms with Crippen LogP contribution in [0.2, 0.25) is 0 Å². The lowest BCUT2D eigenvalue weighted by Crippen LogP contribution is -2.04. The first-order valence-electron chi connectivity index (χ1n) is 6.10. The van der Waals surface area contributed by atoms with E-state index < -0.39 is 17.6 Å². The molecule has 2 rings (SSSR count).